The summed E-state index contributed by atoms with van der Waals surface area (Å²) in [7, 11) is 2.92. The smallest absolute Gasteiger partial charge is 0.337 e. The number of benzene rings is 1. The number of ether oxygens (including phenoxy) is 2. The molecule has 0 saturated heterocycles. The molecule has 82 valence electrons. The van der Waals surface area contributed by atoms with E-state index in [1.807, 2.05) is 0 Å². The molecule has 2 N–H and O–H groups in total. The Hall–Kier alpha value is -1.75. The van der Waals surface area contributed by atoms with Gasteiger partial charge in [0, 0.05) is 0 Å². The summed E-state index contributed by atoms with van der Waals surface area (Å²) < 4.78 is 9.96. The molecular weight excluding hydrogens is 200 g/mol. The van der Waals surface area contributed by atoms with Crippen molar-refractivity contribution in [2.75, 3.05) is 14.2 Å². The predicted molar refractivity (Wildman–Crippen MR) is 52.1 cm³/mol. The van der Waals surface area contributed by atoms with Crippen molar-refractivity contribution in [3.05, 3.63) is 23.8 Å². The van der Waals surface area contributed by atoms with Crippen molar-refractivity contribution >= 4 is 5.97 Å². The van der Waals surface area contributed by atoms with Gasteiger partial charge in [0.2, 0.25) is 0 Å². The molecule has 0 aliphatic carbocycles. The van der Waals surface area contributed by atoms with Gasteiger partial charge in [-0.05, 0) is 17.7 Å². The highest BCUT2D eigenvalue weighted by Crippen LogP contribution is 2.29. The van der Waals surface area contributed by atoms with Gasteiger partial charge in [0.1, 0.15) is 0 Å². The summed E-state index contributed by atoms with van der Waals surface area (Å²) in [4.78, 5) is 10.5. The molecule has 0 aliphatic rings. The molecule has 1 rings (SSSR count). The highest BCUT2D eigenvalue weighted by Gasteiger charge is 2.17. The van der Waals surface area contributed by atoms with Crippen LogP contribution in [0.15, 0.2) is 18.2 Å². The van der Waals surface area contributed by atoms with E-state index < -0.39 is 12.1 Å². The van der Waals surface area contributed by atoms with Gasteiger partial charge in [-0.3, -0.25) is 0 Å². The van der Waals surface area contributed by atoms with Gasteiger partial charge in [-0.15, -0.1) is 0 Å². The molecule has 0 amide bonds. The Morgan fingerprint density at radius 1 is 1.27 bits per heavy atom. The molecule has 5 nitrogen and oxygen atoms in total. The second kappa shape index (κ2) is 4.65. The van der Waals surface area contributed by atoms with Crippen LogP contribution in [-0.4, -0.2) is 30.4 Å². The highest BCUT2D eigenvalue weighted by molar-refractivity contribution is 5.74. The number of aliphatic hydroxyl groups is 1. The molecule has 1 unspecified atom stereocenters. The summed E-state index contributed by atoms with van der Waals surface area (Å²) in [5.41, 5.74) is 0.250. The maximum atomic E-state index is 10.5. The van der Waals surface area contributed by atoms with Crippen LogP contribution < -0.4 is 9.47 Å². The fourth-order valence-corrected chi connectivity index (χ4v) is 1.17. The van der Waals surface area contributed by atoms with Crippen LogP contribution >= 0.6 is 0 Å². The van der Waals surface area contributed by atoms with Crippen molar-refractivity contribution in [3.63, 3.8) is 0 Å². The number of aliphatic hydroxyl groups excluding tert-OH is 1. The van der Waals surface area contributed by atoms with E-state index in [-0.39, 0.29) is 5.56 Å². The number of rotatable bonds is 4. The molecule has 0 bridgehead atoms. The summed E-state index contributed by atoms with van der Waals surface area (Å²) in [5.74, 6) is -0.434. The quantitative estimate of drug-likeness (QED) is 0.772. The molecule has 1 atom stereocenters. The van der Waals surface area contributed by atoms with Crippen molar-refractivity contribution < 1.29 is 24.5 Å². The lowest BCUT2D eigenvalue weighted by Gasteiger charge is -2.11. The normalized spacial score (nSPS) is 11.9. The average molecular weight is 212 g/mol. The van der Waals surface area contributed by atoms with Crippen LogP contribution in [0.4, 0.5) is 0 Å². The summed E-state index contributed by atoms with van der Waals surface area (Å²) in [6.45, 7) is 0. The molecule has 0 spiro atoms. The van der Waals surface area contributed by atoms with Gasteiger partial charge in [-0.2, -0.15) is 0 Å². The van der Waals surface area contributed by atoms with Gasteiger partial charge in [-0.25, -0.2) is 4.79 Å². The maximum absolute atomic E-state index is 10.5. The Morgan fingerprint density at radius 3 is 2.33 bits per heavy atom. The van der Waals surface area contributed by atoms with Crippen molar-refractivity contribution in [1.82, 2.24) is 0 Å². The summed E-state index contributed by atoms with van der Waals surface area (Å²) in [5, 5.41) is 17.9. The Labute approximate surface area is 86.9 Å². The number of aliphatic carboxylic acids is 1. The van der Waals surface area contributed by atoms with E-state index in [4.69, 9.17) is 14.6 Å². The number of carboxylic acids is 1. The van der Waals surface area contributed by atoms with Gasteiger partial charge in [0.25, 0.3) is 0 Å². The third-order valence-electron chi connectivity index (χ3n) is 1.96. The van der Waals surface area contributed by atoms with E-state index in [0.29, 0.717) is 11.5 Å². The monoisotopic (exact) mass is 212 g/mol. The first-order valence-corrected chi connectivity index (χ1v) is 4.23. The molecule has 5 heteroatoms. The zero-order valence-corrected chi connectivity index (χ0v) is 8.43. The van der Waals surface area contributed by atoms with Gasteiger partial charge in [-0.1, -0.05) is 6.07 Å². The van der Waals surface area contributed by atoms with Crippen LogP contribution in [0.1, 0.15) is 11.7 Å². The Morgan fingerprint density at radius 2 is 1.87 bits per heavy atom. The first-order chi connectivity index (χ1) is 7.10. The fraction of sp³-hybridized carbons (Fsp3) is 0.300. The lowest BCUT2D eigenvalue weighted by Crippen LogP contribution is -2.10. The van der Waals surface area contributed by atoms with E-state index in [9.17, 15) is 9.90 Å². The molecule has 0 aromatic heterocycles. The second-order valence-electron chi connectivity index (χ2n) is 2.86. The maximum Gasteiger partial charge on any atom is 0.337 e. The van der Waals surface area contributed by atoms with Crippen molar-refractivity contribution in [3.8, 4) is 11.5 Å². The van der Waals surface area contributed by atoms with Gasteiger partial charge in [0.05, 0.1) is 14.2 Å². The second-order valence-corrected chi connectivity index (χ2v) is 2.86. The van der Waals surface area contributed by atoms with Crippen molar-refractivity contribution in [2.24, 2.45) is 0 Å². The molecular formula is C10H12O5. The van der Waals surface area contributed by atoms with E-state index in [2.05, 4.69) is 0 Å². The topological polar surface area (TPSA) is 76.0 Å². The SMILES string of the molecule is COc1ccc(C(O)C(=O)O)cc1OC. The Bertz CT molecular complexity index is 361. The molecule has 1 aromatic rings. The molecule has 1 aromatic carbocycles. The van der Waals surface area contributed by atoms with Crippen LogP contribution in [0, 0.1) is 0 Å². The number of carboxylic acid groups (broad SMARTS) is 1. The van der Waals surface area contributed by atoms with Crippen LogP contribution in [0.2, 0.25) is 0 Å². The minimum absolute atomic E-state index is 0.250. The predicted octanol–water partition coefficient (Wildman–Crippen LogP) is 0.822. The summed E-state index contributed by atoms with van der Waals surface area (Å²) in [6, 6.07) is 4.44. The van der Waals surface area contributed by atoms with E-state index in [1.54, 1.807) is 6.07 Å². The van der Waals surface area contributed by atoms with E-state index >= 15 is 0 Å². The highest BCUT2D eigenvalue weighted by atomic mass is 16.5. The van der Waals surface area contributed by atoms with Crippen LogP contribution in [0.25, 0.3) is 0 Å². The van der Waals surface area contributed by atoms with Gasteiger partial charge < -0.3 is 19.7 Å². The molecule has 0 heterocycles. The van der Waals surface area contributed by atoms with Crippen LogP contribution in [0.3, 0.4) is 0 Å². The van der Waals surface area contributed by atoms with Gasteiger partial charge in [0.15, 0.2) is 17.6 Å². The number of carbonyl (C=O) groups is 1. The van der Waals surface area contributed by atoms with Crippen molar-refractivity contribution in [1.29, 1.82) is 0 Å². The van der Waals surface area contributed by atoms with Crippen LogP contribution in [-0.2, 0) is 4.79 Å². The molecule has 0 fully saturated rings. The number of hydrogen-bond donors (Lipinski definition) is 2. The molecule has 15 heavy (non-hydrogen) atoms. The summed E-state index contributed by atoms with van der Waals surface area (Å²) in [6.07, 6.45) is -1.55. The zero-order valence-electron chi connectivity index (χ0n) is 8.43. The first-order valence-electron chi connectivity index (χ1n) is 4.23. The minimum Gasteiger partial charge on any atom is -0.493 e. The lowest BCUT2D eigenvalue weighted by molar-refractivity contribution is -0.146. The number of hydrogen-bond acceptors (Lipinski definition) is 4. The van der Waals surface area contributed by atoms with E-state index in [1.165, 1.54) is 26.4 Å². The van der Waals surface area contributed by atoms with Gasteiger partial charge >= 0.3 is 5.97 Å². The van der Waals surface area contributed by atoms with Crippen LogP contribution in [0.5, 0.6) is 11.5 Å². The first kappa shape index (κ1) is 11.3. The standard InChI is InChI=1S/C10H12O5/c1-14-7-4-3-6(5-8(7)15-2)9(11)10(12)13/h3-5,9,11H,1-2H3,(H,12,13). The molecule has 0 aliphatic heterocycles. The lowest BCUT2D eigenvalue weighted by atomic mass is 10.1. The largest absolute Gasteiger partial charge is 0.493 e. The number of methoxy groups -OCH3 is 2. The summed E-state index contributed by atoms with van der Waals surface area (Å²) >= 11 is 0. The third kappa shape index (κ3) is 2.38. The molecule has 0 saturated carbocycles. The fourth-order valence-electron chi connectivity index (χ4n) is 1.17. The Balaban J connectivity index is 3.07. The molecule has 0 radical (unpaired) electrons. The average Bonchev–Trinajstić information content (AvgIpc) is 2.26. The van der Waals surface area contributed by atoms with Crippen molar-refractivity contribution in [2.45, 2.75) is 6.10 Å². The van der Waals surface area contributed by atoms with E-state index in [0.717, 1.165) is 0 Å². The minimum atomic E-state index is -1.55. The Kier molecular flexibility index (Phi) is 3.51. The third-order valence-corrected chi connectivity index (χ3v) is 1.96. The zero-order chi connectivity index (χ0) is 11.4.